The molecule has 58 heavy (non-hydrogen) atoms. The zero-order valence-electron chi connectivity index (χ0n) is 30.7. The molecule has 284 valence electrons. The Labute approximate surface area is 378 Å². The smallest absolute Gasteiger partial charge is 0.0601 e. The molecule has 11 rings (SSSR count). The van der Waals surface area contributed by atoms with Crippen LogP contribution in [0.4, 0.5) is 34.1 Å². The van der Waals surface area contributed by atoms with E-state index < -0.39 is 0 Å². The van der Waals surface area contributed by atoms with Gasteiger partial charge in [0.05, 0.1) is 22.7 Å². The SMILES string of the molecule is Clc1cc(Br)cc(Br)c1.Clc1cc(N2c3ccccc3Sc3ccccc32)cc(N2c3ccccc3Sc3ccccc32)c1.c1ccc2c(c1)Cc1ccccc1S2. The van der Waals surface area contributed by atoms with Crippen molar-refractivity contribution in [1.82, 2.24) is 0 Å². The van der Waals surface area contributed by atoms with Gasteiger partial charge in [0.25, 0.3) is 0 Å². The standard InChI is InChI=1S/C30H19ClN2S2.C13H10S.C6H3Br2Cl/c31-20-17-21(32-23-9-1-5-13-27(23)34-28-14-6-2-10-24(28)32)19-22(18-20)33-25-11-3-7-15-29(25)35-30-16-8-4-12-26(30)33;1-3-7-12-10(5-1)9-11-6-2-4-8-13(11)14-12;7-4-1-5(8)3-6(9)2-4/h1-19H;1-8H,9H2;1-3H. The van der Waals surface area contributed by atoms with Gasteiger partial charge in [0.2, 0.25) is 0 Å². The summed E-state index contributed by atoms with van der Waals surface area (Å²) in [6.45, 7) is 0. The molecular formula is C49H32Br2Cl2N2S3. The van der Waals surface area contributed by atoms with Gasteiger partial charge in [-0.2, -0.15) is 0 Å². The van der Waals surface area contributed by atoms with E-state index in [0.29, 0.717) is 5.02 Å². The van der Waals surface area contributed by atoms with Crippen LogP contribution in [0.2, 0.25) is 10.0 Å². The van der Waals surface area contributed by atoms with E-state index in [-0.39, 0.29) is 0 Å². The van der Waals surface area contributed by atoms with Crippen molar-refractivity contribution in [2.45, 2.75) is 35.8 Å². The molecule has 8 aromatic rings. The van der Waals surface area contributed by atoms with E-state index in [0.717, 1.165) is 31.8 Å². The summed E-state index contributed by atoms with van der Waals surface area (Å²) < 4.78 is 1.98. The molecule has 0 aliphatic carbocycles. The summed E-state index contributed by atoms with van der Waals surface area (Å²) in [5.41, 5.74) is 9.66. The third kappa shape index (κ3) is 8.50. The van der Waals surface area contributed by atoms with Gasteiger partial charge in [0, 0.05) is 59.7 Å². The van der Waals surface area contributed by atoms with Gasteiger partial charge in [0.1, 0.15) is 0 Å². The van der Waals surface area contributed by atoms with E-state index in [2.05, 4.69) is 205 Å². The monoisotopic (exact) mass is 972 g/mol. The predicted octanol–water partition coefficient (Wildman–Crippen LogP) is 17.8. The minimum absolute atomic E-state index is 0.707. The van der Waals surface area contributed by atoms with Crippen LogP contribution in [0.1, 0.15) is 11.1 Å². The molecule has 9 heteroatoms. The Morgan fingerprint density at radius 1 is 0.362 bits per heavy atom. The highest BCUT2D eigenvalue weighted by molar-refractivity contribution is 9.11. The normalized spacial score (nSPS) is 12.8. The summed E-state index contributed by atoms with van der Waals surface area (Å²) in [5.74, 6) is 0. The highest BCUT2D eigenvalue weighted by Crippen LogP contribution is 2.55. The fraction of sp³-hybridized carbons (Fsp3) is 0.0204. The average Bonchev–Trinajstić information content (AvgIpc) is 3.23. The number of benzene rings is 8. The third-order valence-electron chi connectivity index (χ3n) is 9.62. The Morgan fingerprint density at radius 2 is 0.672 bits per heavy atom. The number of rotatable bonds is 2. The number of fused-ring (bicyclic) bond motifs is 6. The third-order valence-corrected chi connectivity index (χ3v) is 14.5. The molecule has 3 heterocycles. The first-order chi connectivity index (χ1) is 28.4. The van der Waals surface area contributed by atoms with Gasteiger partial charge < -0.3 is 9.80 Å². The van der Waals surface area contributed by atoms with Crippen LogP contribution < -0.4 is 9.80 Å². The molecule has 0 fully saturated rings. The first-order valence-electron chi connectivity index (χ1n) is 18.5. The van der Waals surface area contributed by atoms with Gasteiger partial charge in [-0.1, -0.05) is 175 Å². The minimum atomic E-state index is 0.707. The van der Waals surface area contributed by atoms with Crippen molar-refractivity contribution >= 4 is 124 Å². The molecule has 8 aromatic carbocycles. The van der Waals surface area contributed by atoms with Crippen LogP contribution in [0.25, 0.3) is 0 Å². The second-order valence-corrected chi connectivity index (χ2v) is 19.5. The van der Waals surface area contributed by atoms with E-state index in [9.17, 15) is 0 Å². The van der Waals surface area contributed by atoms with Gasteiger partial charge in [0.15, 0.2) is 0 Å². The van der Waals surface area contributed by atoms with Gasteiger partial charge in [-0.25, -0.2) is 0 Å². The second-order valence-electron chi connectivity index (χ2n) is 13.5. The zero-order chi connectivity index (χ0) is 39.6. The predicted molar refractivity (Wildman–Crippen MR) is 256 cm³/mol. The largest absolute Gasteiger partial charge is 0.308 e. The number of anilines is 6. The highest BCUT2D eigenvalue weighted by Gasteiger charge is 2.28. The lowest BCUT2D eigenvalue weighted by atomic mass is 10.0. The molecule has 0 saturated heterocycles. The maximum Gasteiger partial charge on any atom is 0.0601 e. The Kier molecular flexibility index (Phi) is 12.0. The average molecular weight is 976 g/mol. The second kappa shape index (κ2) is 17.7. The summed E-state index contributed by atoms with van der Waals surface area (Å²) in [6.07, 6.45) is 1.08. The first kappa shape index (κ1) is 39.4. The molecule has 0 aromatic heterocycles. The molecule has 0 radical (unpaired) electrons. The summed E-state index contributed by atoms with van der Waals surface area (Å²) in [5, 5.41) is 1.44. The number of hydrogen-bond acceptors (Lipinski definition) is 5. The van der Waals surface area contributed by atoms with E-state index in [1.165, 1.54) is 63.2 Å². The summed E-state index contributed by atoms with van der Waals surface area (Å²) >= 11 is 24.6. The fourth-order valence-corrected chi connectivity index (χ4v) is 12.3. The molecule has 0 atom stereocenters. The molecule has 0 N–H and O–H groups in total. The molecule has 0 amide bonds. The van der Waals surface area contributed by atoms with Crippen LogP contribution in [-0.4, -0.2) is 0 Å². The van der Waals surface area contributed by atoms with Crippen molar-refractivity contribution in [1.29, 1.82) is 0 Å². The van der Waals surface area contributed by atoms with Crippen LogP contribution in [0.3, 0.4) is 0 Å². The Hall–Kier alpha value is -4.05. The zero-order valence-corrected chi connectivity index (χ0v) is 37.8. The van der Waals surface area contributed by atoms with Crippen LogP contribution in [0.15, 0.2) is 220 Å². The molecule has 0 saturated carbocycles. The van der Waals surface area contributed by atoms with Crippen LogP contribution in [0.5, 0.6) is 0 Å². The fourth-order valence-electron chi connectivity index (χ4n) is 7.13. The summed E-state index contributed by atoms with van der Waals surface area (Å²) in [4.78, 5) is 12.4. The number of halogens is 4. The van der Waals surface area contributed by atoms with Crippen molar-refractivity contribution in [3.63, 3.8) is 0 Å². The van der Waals surface area contributed by atoms with Crippen LogP contribution in [0, 0.1) is 0 Å². The van der Waals surface area contributed by atoms with Gasteiger partial charge in [-0.05, 0) is 115 Å². The number of para-hydroxylation sites is 4. The van der Waals surface area contributed by atoms with Crippen molar-refractivity contribution < 1.29 is 0 Å². The van der Waals surface area contributed by atoms with Crippen molar-refractivity contribution in [3.8, 4) is 0 Å². The Balaban J connectivity index is 0.000000154. The Bertz CT molecular complexity index is 2450. The lowest BCUT2D eigenvalue weighted by molar-refractivity contribution is 1.06. The van der Waals surface area contributed by atoms with Crippen molar-refractivity contribution in [2.75, 3.05) is 9.80 Å². The topological polar surface area (TPSA) is 6.48 Å². The quantitative estimate of drug-likeness (QED) is 0.170. The maximum absolute atomic E-state index is 6.83. The van der Waals surface area contributed by atoms with Crippen LogP contribution >= 0.6 is 90.3 Å². The van der Waals surface area contributed by atoms with Crippen molar-refractivity contribution in [3.05, 3.63) is 212 Å². The molecular weight excluding hydrogens is 943 g/mol. The first-order valence-corrected chi connectivity index (χ1v) is 23.2. The van der Waals surface area contributed by atoms with Crippen LogP contribution in [-0.2, 0) is 6.42 Å². The van der Waals surface area contributed by atoms with E-state index in [1.54, 1.807) is 0 Å². The molecule has 3 aliphatic rings. The van der Waals surface area contributed by atoms with E-state index >= 15 is 0 Å². The van der Waals surface area contributed by atoms with E-state index in [1.807, 2.05) is 53.5 Å². The van der Waals surface area contributed by atoms with Gasteiger partial charge in [-0.3, -0.25) is 0 Å². The molecule has 0 spiro atoms. The van der Waals surface area contributed by atoms with Gasteiger partial charge >= 0.3 is 0 Å². The molecule has 0 unspecified atom stereocenters. The highest BCUT2D eigenvalue weighted by atomic mass is 79.9. The van der Waals surface area contributed by atoms with Crippen molar-refractivity contribution in [2.24, 2.45) is 0 Å². The summed E-state index contributed by atoms with van der Waals surface area (Å²) in [6, 6.07) is 63.5. The number of nitrogens with zero attached hydrogens (tertiary/aromatic N) is 2. The molecule has 2 nitrogen and oxygen atoms in total. The maximum atomic E-state index is 6.83. The molecule has 3 aliphatic heterocycles. The summed E-state index contributed by atoms with van der Waals surface area (Å²) in [7, 11) is 0. The lowest BCUT2D eigenvalue weighted by Gasteiger charge is -2.35. The Morgan fingerprint density at radius 3 is 1.05 bits per heavy atom. The minimum Gasteiger partial charge on any atom is -0.308 e. The molecule has 0 bridgehead atoms. The number of hydrogen-bond donors (Lipinski definition) is 0. The van der Waals surface area contributed by atoms with E-state index in [4.69, 9.17) is 23.2 Å². The lowest BCUT2D eigenvalue weighted by Crippen LogP contribution is -2.17. The van der Waals surface area contributed by atoms with Gasteiger partial charge in [-0.15, -0.1) is 0 Å².